The lowest BCUT2D eigenvalue weighted by molar-refractivity contribution is -0.290. The number of rotatable bonds is 6. The number of hydrogen-bond donors (Lipinski definition) is 0. The number of nitrogens with zero attached hydrogens (tertiary/aromatic N) is 5. The monoisotopic (exact) mass is 451 g/mol. The van der Waals surface area contributed by atoms with Crippen molar-refractivity contribution in [2.45, 2.75) is 31.0 Å². The van der Waals surface area contributed by atoms with Crippen LogP contribution in [-0.2, 0) is 9.84 Å². The first-order valence-corrected chi connectivity index (χ1v) is 9.99. The van der Waals surface area contributed by atoms with E-state index in [1.54, 1.807) is 13.0 Å². The maximum absolute atomic E-state index is 13.0. The van der Waals surface area contributed by atoms with Crippen molar-refractivity contribution >= 4 is 15.5 Å². The predicted octanol–water partition coefficient (Wildman–Crippen LogP) is 2.86. The molecule has 3 aromatic rings. The van der Waals surface area contributed by atoms with Crippen LogP contribution in [0.1, 0.15) is 12.6 Å². The standard InChI is InChI=1S/C16H14F5N5O3S/c1-3-30(27,28)14-12(13-22-5-4-9(2)26(13)25-14)10-6-24-11(7-23-10)29-8-15(17,18)16(19,20)21/h4-7H,3,8H2,1-2H3. The average Bonchev–Trinajstić information content (AvgIpc) is 3.08. The van der Waals surface area contributed by atoms with Crippen LogP contribution in [0, 0.1) is 6.92 Å². The molecular formula is C16H14F5N5O3S. The Balaban J connectivity index is 2.01. The topological polar surface area (TPSA) is 99.3 Å². The van der Waals surface area contributed by atoms with Crippen LogP contribution in [0.15, 0.2) is 29.7 Å². The number of halogens is 5. The molecule has 14 heteroatoms. The Hall–Kier alpha value is -2.90. The highest BCUT2D eigenvalue weighted by Crippen LogP contribution is 2.36. The summed E-state index contributed by atoms with van der Waals surface area (Å²) in [5.74, 6) is -5.92. The molecule has 0 saturated heterocycles. The van der Waals surface area contributed by atoms with Crippen molar-refractivity contribution in [1.82, 2.24) is 24.6 Å². The van der Waals surface area contributed by atoms with Crippen LogP contribution in [0.2, 0.25) is 0 Å². The maximum atomic E-state index is 13.0. The third-order valence-electron chi connectivity index (χ3n) is 4.05. The van der Waals surface area contributed by atoms with E-state index in [2.05, 4.69) is 24.8 Å². The Bertz CT molecular complexity index is 1180. The molecule has 0 spiro atoms. The summed E-state index contributed by atoms with van der Waals surface area (Å²) >= 11 is 0. The molecule has 162 valence electrons. The van der Waals surface area contributed by atoms with Crippen molar-refractivity contribution in [2.24, 2.45) is 0 Å². The van der Waals surface area contributed by atoms with E-state index < -0.39 is 34.4 Å². The molecule has 0 fully saturated rings. The minimum absolute atomic E-state index is 0.0231. The van der Waals surface area contributed by atoms with E-state index in [9.17, 15) is 30.4 Å². The zero-order chi connectivity index (χ0) is 22.3. The van der Waals surface area contributed by atoms with E-state index in [1.165, 1.54) is 17.6 Å². The van der Waals surface area contributed by atoms with Crippen molar-refractivity contribution in [3.63, 3.8) is 0 Å². The van der Waals surface area contributed by atoms with Gasteiger partial charge in [0.05, 0.1) is 29.4 Å². The Morgan fingerprint density at radius 1 is 1.10 bits per heavy atom. The fourth-order valence-corrected chi connectivity index (χ4v) is 3.37. The second-order valence-corrected chi connectivity index (χ2v) is 8.33. The minimum Gasteiger partial charge on any atom is -0.470 e. The number of fused-ring (bicyclic) bond motifs is 1. The number of ether oxygens (including phenoxy) is 1. The SMILES string of the molecule is CCS(=O)(=O)c1nn2c(C)ccnc2c1-c1cnc(OCC(F)(F)C(F)(F)F)cn1. The molecule has 0 unspecified atom stereocenters. The van der Waals surface area contributed by atoms with Gasteiger partial charge in [-0.1, -0.05) is 6.92 Å². The predicted molar refractivity (Wildman–Crippen MR) is 93.0 cm³/mol. The second-order valence-electron chi connectivity index (χ2n) is 6.14. The molecule has 0 aliphatic heterocycles. The molecule has 0 radical (unpaired) electrons. The van der Waals surface area contributed by atoms with Gasteiger partial charge in [0, 0.05) is 11.9 Å². The van der Waals surface area contributed by atoms with E-state index in [1.807, 2.05) is 0 Å². The first kappa shape index (κ1) is 21.8. The molecule has 3 heterocycles. The number of aryl methyl sites for hydroxylation is 1. The van der Waals surface area contributed by atoms with Crippen LogP contribution in [0.5, 0.6) is 5.88 Å². The molecule has 0 N–H and O–H groups in total. The number of alkyl halides is 5. The molecule has 3 rings (SSSR count). The Morgan fingerprint density at radius 3 is 2.37 bits per heavy atom. The largest absolute Gasteiger partial charge is 0.470 e. The summed E-state index contributed by atoms with van der Waals surface area (Å²) in [6, 6.07) is 1.61. The summed E-state index contributed by atoms with van der Waals surface area (Å²) in [7, 11) is -3.81. The summed E-state index contributed by atoms with van der Waals surface area (Å²) in [6.45, 7) is 1.13. The fraction of sp³-hybridized carbons (Fsp3) is 0.375. The van der Waals surface area contributed by atoms with E-state index in [0.29, 0.717) is 5.69 Å². The fourth-order valence-electron chi connectivity index (χ4n) is 2.39. The Kier molecular flexibility index (Phi) is 5.39. The van der Waals surface area contributed by atoms with E-state index in [4.69, 9.17) is 0 Å². The van der Waals surface area contributed by atoms with Crippen LogP contribution in [0.4, 0.5) is 22.0 Å². The van der Waals surface area contributed by atoms with Crippen molar-refractivity contribution in [2.75, 3.05) is 12.4 Å². The summed E-state index contributed by atoms with van der Waals surface area (Å²) in [6.07, 6.45) is -2.55. The molecule has 0 amide bonds. The smallest absolute Gasteiger partial charge is 0.456 e. The van der Waals surface area contributed by atoms with Crippen LogP contribution in [-0.4, -0.2) is 57.4 Å². The number of aromatic nitrogens is 5. The van der Waals surface area contributed by atoms with E-state index in [0.717, 1.165) is 12.4 Å². The lowest BCUT2D eigenvalue weighted by atomic mass is 10.2. The highest BCUT2D eigenvalue weighted by atomic mass is 32.2. The first-order chi connectivity index (χ1) is 13.9. The Labute approximate surface area is 166 Å². The van der Waals surface area contributed by atoms with Gasteiger partial charge in [-0.15, -0.1) is 0 Å². The second kappa shape index (κ2) is 7.41. The summed E-state index contributed by atoms with van der Waals surface area (Å²) in [5, 5.41) is 3.79. The summed E-state index contributed by atoms with van der Waals surface area (Å²) < 4.78 is 93.3. The zero-order valence-electron chi connectivity index (χ0n) is 15.5. The van der Waals surface area contributed by atoms with Crippen molar-refractivity contribution in [3.05, 3.63) is 30.4 Å². The highest BCUT2D eigenvalue weighted by Gasteiger charge is 2.58. The molecule has 0 aromatic carbocycles. The minimum atomic E-state index is -5.77. The van der Waals surface area contributed by atoms with Gasteiger partial charge in [-0.25, -0.2) is 27.9 Å². The van der Waals surface area contributed by atoms with Gasteiger partial charge in [0.2, 0.25) is 5.88 Å². The van der Waals surface area contributed by atoms with Crippen molar-refractivity contribution < 1.29 is 35.1 Å². The molecule has 0 saturated carbocycles. The van der Waals surface area contributed by atoms with Crippen LogP contribution in [0.25, 0.3) is 16.9 Å². The van der Waals surface area contributed by atoms with E-state index >= 15 is 0 Å². The van der Waals surface area contributed by atoms with Gasteiger partial charge in [0.1, 0.15) is 0 Å². The quantitative estimate of drug-likeness (QED) is 0.532. The van der Waals surface area contributed by atoms with Gasteiger partial charge in [0.15, 0.2) is 27.1 Å². The van der Waals surface area contributed by atoms with Gasteiger partial charge in [0.25, 0.3) is 0 Å². The van der Waals surface area contributed by atoms with Crippen LogP contribution in [0.3, 0.4) is 0 Å². The van der Waals surface area contributed by atoms with Crippen molar-refractivity contribution in [1.29, 1.82) is 0 Å². The van der Waals surface area contributed by atoms with Crippen LogP contribution < -0.4 is 4.74 Å². The molecule has 0 aliphatic carbocycles. The molecule has 8 nitrogen and oxygen atoms in total. The number of sulfone groups is 1. The lowest BCUT2D eigenvalue weighted by Gasteiger charge is -2.19. The maximum Gasteiger partial charge on any atom is 0.456 e. The molecule has 0 atom stereocenters. The normalized spacial score (nSPS) is 13.0. The van der Waals surface area contributed by atoms with E-state index in [-0.39, 0.29) is 27.7 Å². The van der Waals surface area contributed by atoms with Gasteiger partial charge in [-0.2, -0.15) is 27.1 Å². The molecule has 30 heavy (non-hydrogen) atoms. The van der Waals surface area contributed by atoms with Gasteiger partial charge in [-0.3, -0.25) is 0 Å². The molecule has 3 aromatic heterocycles. The molecular weight excluding hydrogens is 437 g/mol. The molecule has 0 aliphatic rings. The third-order valence-corrected chi connectivity index (χ3v) is 5.69. The zero-order valence-corrected chi connectivity index (χ0v) is 16.3. The highest BCUT2D eigenvalue weighted by molar-refractivity contribution is 7.91. The summed E-state index contributed by atoms with van der Waals surface area (Å²) in [4.78, 5) is 11.7. The third kappa shape index (κ3) is 3.91. The average molecular weight is 451 g/mol. The molecule has 0 bridgehead atoms. The number of hydrogen-bond acceptors (Lipinski definition) is 7. The first-order valence-electron chi connectivity index (χ1n) is 8.34. The van der Waals surface area contributed by atoms with Gasteiger partial charge < -0.3 is 4.74 Å². The van der Waals surface area contributed by atoms with Gasteiger partial charge in [-0.05, 0) is 13.0 Å². The van der Waals surface area contributed by atoms with Gasteiger partial charge >= 0.3 is 12.1 Å². The Morgan fingerprint density at radius 2 is 1.80 bits per heavy atom. The van der Waals surface area contributed by atoms with Crippen molar-refractivity contribution in [3.8, 4) is 17.1 Å². The van der Waals surface area contributed by atoms with Crippen LogP contribution >= 0.6 is 0 Å². The lowest BCUT2D eigenvalue weighted by Crippen LogP contribution is -2.41. The summed E-state index contributed by atoms with van der Waals surface area (Å²) in [5.41, 5.74) is 0.750.